The van der Waals surface area contributed by atoms with E-state index in [0.29, 0.717) is 16.1 Å². The van der Waals surface area contributed by atoms with Crippen LogP contribution in [0, 0.1) is 0 Å². The Bertz CT molecular complexity index is 834. The fourth-order valence-corrected chi connectivity index (χ4v) is 3.26. The van der Waals surface area contributed by atoms with Crippen LogP contribution < -0.4 is 4.72 Å². The number of halogens is 1. The van der Waals surface area contributed by atoms with Gasteiger partial charge in [-0.1, -0.05) is 23.7 Å². The predicted octanol–water partition coefficient (Wildman–Crippen LogP) is 2.63. The van der Waals surface area contributed by atoms with Crippen LogP contribution in [0.1, 0.15) is 10.4 Å². The average molecular weight is 370 g/mol. The molecular formula is C16H16ClNO5S. The van der Waals surface area contributed by atoms with Gasteiger partial charge in [0, 0.05) is 18.7 Å². The summed E-state index contributed by atoms with van der Waals surface area (Å²) in [5, 5.41) is 9.78. The smallest absolute Gasteiger partial charge is 0.335 e. The van der Waals surface area contributed by atoms with E-state index in [1.54, 1.807) is 24.3 Å². The zero-order valence-electron chi connectivity index (χ0n) is 12.8. The maximum atomic E-state index is 12.3. The average Bonchev–Trinajstić information content (AvgIpc) is 2.55. The largest absolute Gasteiger partial charge is 0.478 e. The van der Waals surface area contributed by atoms with Gasteiger partial charge in [0.05, 0.1) is 17.1 Å². The molecule has 0 saturated carbocycles. The number of aromatic carboxylic acids is 1. The molecule has 0 fully saturated rings. The molecule has 8 heteroatoms. The normalized spacial score (nSPS) is 11.4. The molecule has 0 unspecified atom stereocenters. The number of hydrogen-bond acceptors (Lipinski definition) is 4. The third kappa shape index (κ3) is 4.55. The predicted molar refractivity (Wildman–Crippen MR) is 90.9 cm³/mol. The molecule has 0 bridgehead atoms. The van der Waals surface area contributed by atoms with E-state index in [1.807, 2.05) is 0 Å². The summed E-state index contributed by atoms with van der Waals surface area (Å²) in [6.45, 7) is 0.300. The lowest BCUT2D eigenvalue weighted by atomic mass is 10.0. The number of carbonyl (C=O) groups is 1. The summed E-state index contributed by atoms with van der Waals surface area (Å²) in [4.78, 5) is 11.2. The molecule has 0 aliphatic carbocycles. The Morgan fingerprint density at radius 3 is 2.42 bits per heavy atom. The first-order valence-electron chi connectivity index (χ1n) is 6.96. The Kier molecular flexibility index (Phi) is 5.95. The molecule has 0 atom stereocenters. The van der Waals surface area contributed by atoms with Crippen LogP contribution in [-0.2, 0) is 14.8 Å². The lowest BCUT2D eigenvalue weighted by Crippen LogP contribution is -2.27. The van der Waals surface area contributed by atoms with Gasteiger partial charge >= 0.3 is 5.97 Å². The quantitative estimate of drug-likeness (QED) is 0.732. The van der Waals surface area contributed by atoms with Crippen molar-refractivity contribution in [3.05, 3.63) is 53.1 Å². The van der Waals surface area contributed by atoms with Gasteiger partial charge in [-0.05, 0) is 41.5 Å². The summed E-state index contributed by atoms with van der Waals surface area (Å²) >= 11 is 5.84. The van der Waals surface area contributed by atoms with Gasteiger partial charge in [0.1, 0.15) is 0 Å². The van der Waals surface area contributed by atoms with E-state index in [2.05, 4.69) is 4.72 Å². The maximum Gasteiger partial charge on any atom is 0.335 e. The minimum absolute atomic E-state index is 0.0897. The van der Waals surface area contributed by atoms with E-state index in [1.165, 1.54) is 19.2 Å². The van der Waals surface area contributed by atoms with Crippen molar-refractivity contribution in [1.29, 1.82) is 0 Å². The highest BCUT2D eigenvalue weighted by atomic mass is 35.5. The zero-order chi connectivity index (χ0) is 17.7. The van der Waals surface area contributed by atoms with Crippen molar-refractivity contribution < 1.29 is 23.1 Å². The summed E-state index contributed by atoms with van der Waals surface area (Å²) in [6.07, 6.45) is 0. The number of methoxy groups -OCH3 is 1. The Labute approximate surface area is 145 Å². The van der Waals surface area contributed by atoms with Crippen LogP contribution in [0.15, 0.2) is 47.4 Å². The molecule has 0 amide bonds. The van der Waals surface area contributed by atoms with Gasteiger partial charge in [-0.2, -0.15) is 0 Å². The van der Waals surface area contributed by atoms with E-state index in [-0.39, 0.29) is 23.6 Å². The van der Waals surface area contributed by atoms with Gasteiger partial charge < -0.3 is 9.84 Å². The fourth-order valence-electron chi connectivity index (χ4n) is 2.05. The standard InChI is InChI=1S/C16H16ClNO5S/c1-23-7-6-18-24(21,22)15-9-12(8-13(10-15)16(19)20)11-2-4-14(17)5-3-11/h2-5,8-10,18H,6-7H2,1H3,(H,19,20). The third-order valence-electron chi connectivity index (χ3n) is 3.24. The fraction of sp³-hybridized carbons (Fsp3) is 0.188. The first-order valence-corrected chi connectivity index (χ1v) is 8.82. The number of hydrogen-bond donors (Lipinski definition) is 2. The van der Waals surface area contributed by atoms with Crippen LogP contribution in [0.2, 0.25) is 5.02 Å². The zero-order valence-corrected chi connectivity index (χ0v) is 14.4. The lowest BCUT2D eigenvalue weighted by Gasteiger charge is -2.10. The first kappa shape index (κ1) is 18.4. The second-order valence-corrected chi connectivity index (χ2v) is 7.15. The molecule has 6 nitrogen and oxygen atoms in total. The summed E-state index contributed by atoms with van der Waals surface area (Å²) in [6, 6.07) is 10.6. The second-order valence-electron chi connectivity index (χ2n) is 4.95. The minimum Gasteiger partial charge on any atom is -0.478 e. The van der Waals surface area contributed by atoms with E-state index in [0.717, 1.165) is 6.07 Å². The van der Waals surface area contributed by atoms with E-state index in [4.69, 9.17) is 16.3 Å². The van der Waals surface area contributed by atoms with Crippen molar-refractivity contribution in [2.24, 2.45) is 0 Å². The number of carboxylic acids is 1. The number of nitrogens with one attached hydrogen (secondary N) is 1. The molecule has 0 aliphatic rings. The maximum absolute atomic E-state index is 12.3. The van der Waals surface area contributed by atoms with Crippen LogP contribution in [-0.4, -0.2) is 39.8 Å². The highest BCUT2D eigenvalue weighted by molar-refractivity contribution is 7.89. The van der Waals surface area contributed by atoms with E-state index >= 15 is 0 Å². The van der Waals surface area contributed by atoms with Crippen molar-refractivity contribution in [2.75, 3.05) is 20.3 Å². The highest BCUT2D eigenvalue weighted by Crippen LogP contribution is 2.26. The topological polar surface area (TPSA) is 92.7 Å². The third-order valence-corrected chi connectivity index (χ3v) is 4.93. The highest BCUT2D eigenvalue weighted by Gasteiger charge is 2.18. The van der Waals surface area contributed by atoms with Crippen LogP contribution in [0.5, 0.6) is 0 Å². The molecule has 0 aromatic heterocycles. The molecule has 24 heavy (non-hydrogen) atoms. The van der Waals surface area contributed by atoms with Gasteiger partial charge in [0.2, 0.25) is 10.0 Å². The summed E-state index contributed by atoms with van der Waals surface area (Å²) in [5.74, 6) is -1.21. The van der Waals surface area contributed by atoms with Gasteiger partial charge in [-0.25, -0.2) is 17.9 Å². The second kappa shape index (κ2) is 7.76. The minimum atomic E-state index is -3.85. The van der Waals surface area contributed by atoms with Crippen molar-refractivity contribution in [1.82, 2.24) is 4.72 Å². The van der Waals surface area contributed by atoms with Crippen molar-refractivity contribution >= 4 is 27.6 Å². The Morgan fingerprint density at radius 1 is 1.17 bits per heavy atom. The number of sulfonamides is 1. The van der Waals surface area contributed by atoms with E-state index in [9.17, 15) is 18.3 Å². The number of carboxylic acid groups (broad SMARTS) is 1. The molecular weight excluding hydrogens is 354 g/mol. The summed E-state index contributed by atoms with van der Waals surface area (Å²) in [5.41, 5.74) is 1.02. The van der Waals surface area contributed by atoms with Crippen LogP contribution in [0.3, 0.4) is 0 Å². The van der Waals surface area contributed by atoms with Crippen LogP contribution in [0.25, 0.3) is 11.1 Å². The van der Waals surface area contributed by atoms with Gasteiger partial charge in [-0.3, -0.25) is 0 Å². The molecule has 0 heterocycles. The first-order chi connectivity index (χ1) is 11.3. The van der Waals surface area contributed by atoms with Crippen molar-refractivity contribution in [3.8, 4) is 11.1 Å². The van der Waals surface area contributed by atoms with Gasteiger partial charge in [-0.15, -0.1) is 0 Å². The number of rotatable bonds is 7. The molecule has 2 rings (SSSR count). The molecule has 2 N–H and O–H groups in total. The molecule has 128 valence electrons. The van der Waals surface area contributed by atoms with Gasteiger partial charge in [0.15, 0.2) is 0 Å². The van der Waals surface area contributed by atoms with Gasteiger partial charge in [0.25, 0.3) is 0 Å². The molecule has 2 aromatic carbocycles. The van der Waals surface area contributed by atoms with Crippen LogP contribution in [0.4, 0.5) is 0 Å². The number of benzene rings is 2. The Hall–Kier alpha value is -1.93. The SMILES string of the molecule is COCCNS(=O)(=O)c1cc(C(=O)O)cc(-c2ccc(Cl)cc2)c1. The summed E-state index contributed by atoms with van der Waals surface area (Å²) < 4.78 is 31.8. The van der Waals surface area contributed by atoms with Crippen molar-refractivity contribution in [3.63, 3.8) is 0 Å². The molecule has 0 saturated heterocycles. The molecule has 0 aliphatic heterocycles. The summed E-state index contributed by atoms with van der Waals surface area (Å²) in [7, 11) is -2.39. The lowest BCUT2D eigenvalue weighted by molar-refractivity contribution is 0.0696. The molecule has 0 radical (unpaired) electrons. The number of ether oxygens (including phenoxy) is 1. The molecule has 2 aromatic rings. The van der Waals surface area contributed by atoms with Crippen molar-refractivity contribution in [2.45, 2.75) is 4.90 Å². The van der Waals surface area contributed by atoms with Crippen LogP contribution >= 0.6 is 11.6 Å². The Morgan fingerprint density at radius 2 is 1.83 bits per heavy atom. The monoisotopic (exact) mass is 369 g/mol. The molecule has 0 spiro atoms. The van der Waals surface area contributed by atoms with E-state index < -0.39 is 16.0 Å². The Balaban J connectivity index is 2.48.